The number of rotatable bonds is 10. The monoisotopic (exact) mass is 678 g/mol. The largest absolute Gasteiger partial charge is 0.444 e. The number of hydrogen-bond acceptors (Lipinski definition) is 10. The van der Waals surface area contributed by atoms with E-state index in [-0.39, 0.29) is 48.6 Å². The molecule has 12 nitrogen and oxygen atoms in total. The molecule has 258 valence electrons. The summed E-state index contributed by atoms with van der Waals surface area (Å²) in [5.74, 6) is 1.01. The van der Waals surface area contributed by atoms with E-state index in [1.165, 1.54) is 4.90 Å². The van der Waals surface area contributed by atoms with Crippen LogP contribution in [0.2, 0.25) is 0 Å². The van der Waals surface area contributed by atoms with Gasteiger partial charge in [0.2, 0.25) is 11.8 Å². The van der Waals surface area contributed by atoms with Crippen LogP contribution < -0.4 is 10.2 Å². The van der Waals surface area contributed by atoms with Gasteiger partial charge in [0, 0.05) is 70.0 Å². The minimum absolute atomic E-state index is 0.0479. The number of aryl methyl sites for hydroxylation is 1. The van der Waals surface area contributed by atoms with Gasteiger partial charge in [-0.25, -0.2) is 9.78 Å². The number of amides is 3. The molecule has 3 aromatic rings. The first kappa shape index (κ1) is 33.9. The zero-order chi connectivity index (χ0) is 34.2. The number of thiazole rings is 1. The number of anilines is 1. The van der Waals surface area contributed by atoms with Crippen molar-refractivity contribution in [1.82, 2.24) is 25.3 Å². The van der Waals surface area contributed by atoms with Crippen LogP contribution in [0.4, 0.5) is 10.6 Å². The Bertz CT molecular complexity index is 1620. The molecule has 0 bridgehead atoms. The molecule has 3 amide bonds. The van der Waals surface area contributed by atoms with Crippen molar-refractivity contribution in [3.8, 4) is 10.4 Å². The highest BCUT2D eigenvalue weighted by atomic mass is 32.1. The van der Waals surface area contributed by atoms with Crippen molar-refractivity contribution in [1.29, 1.82) is 0 Å². The van der Waals surface area contributed by atoms with E-state index >= 15 is 0 Å². The molecule has 1 unspecified atom stereocenters. The van der Waals surface area contributed by atoms with E-state index in [0.717, 1.165) is 40.6 Å². The van der Waals surface area contributed by atoms with Crippen molar-refractivity contribution in [2.75, 3.05) is 44.2 Å². The molecule has 3 saturated heterocycles. The number of nitrogens with zero attached hydrogens (tertiary/aromatic N) is 5. The van der Waals surface area contributed by atoms with Gasteiger partial charge in [0.25, 0.3) is 0 Å². The second-order valence-corrected chi connectivity index (χ2v) is 15.7. The minimum Gasteiger partial charge on any atom is -0.444 e. The molecule has 2 N–H and O–H groups in total. The number of ether oxygens (including phenoxy) is 1. The summed E-state index contributed by atoms with van der Waals surface area (Å²) >= 11 is 1.62. The molecule has 3 aliphatic heterocycles. The summed E-state index contributed by atoms with van der Waals surface area (Å²) in [7, 11) is 0. The van der Waals surface area contributed by atoms with Gasteiger partial charge < -0.3 is 34.4 Å². The van der Waals surface area contributed by atoms with Gasteiger partial charge in [0.05, 0.1) is 22.2 Å². The van der Waals surface area contributed by atoms with E-state index in [0.29, 0.717) is 38.2 Å². The molecule has 6 rings (SSSR count). The maximum absolute atomic E-state index is 13.3. The predicted octanol–water partition coefficient (Wildman–Crippen LogP) is 4.05. The summed E-state index contributed by atoms with van der Waals surface area (Å²) in [5, 5.41) is 17.6. The third kappa shape index (κ3) is 7.67. The first-order valence-electron chi connectivity index (χ1n) is 16.7. The number of aliphatic hydroxyl groups is 1. The number of aromatic nitrogens is 2. The third-order valence-electron chi connectivity index (χ3n) is 9.28. The van der Waals surface area contributed by atoms with Gasteiger partial charge >= 0.3 is 6.09 Å². The molecule has 5 heterocycles. The van der Waals surface area contributed by atoms with Gasteiger partial charge in [-0.15, -0.1) is 11.3 Å². The Kier molecular flexibility index (Phi) is 9.54. The zero-order valence-corrected chi connectivity index (χ0v) is 29.2. The lowest BCUT2D eigenvalue weighted by molar-refractivity contribution is -0.139. The number of nitrogens with one attached hydrogen (secondary N) is 1. The lowest BCUT2D eigenvalue weighted by Crippen LogP contribution is -2.73. The van der Waals surface area contributed by atoms with Crippen LogP contribution in [0.25, 0.3) is 10.4 Å². The lowest BCUT2D eigenvalue weighted by atomic mass is 9.73. The minimum atomic E-state index is -0.730. The Morgan fingerprint density at radius 1 is 1.17 bits per heavy atom. The molecule has 13 heteroatoms. The van der Waals surface area contributed by atoms with Gasteiger partial charge in [0.1, 0.15) is 17.4 Å². The van der Waals surface area contributed by atoms with Crippen molar-refractivity contribution in [3.63, 3.8) is 0 Å². The fourth-order valence-electron chi connectivity index (χ4n) is 6.91. The number of β-amino-alcohol motifs (C(OH)–C–C–N with tert-alkyl or cyclic N) is 1. The number of carbonyl (C=O) groups is 3. The van der Waals surface area contributed by atoms with Crippen LogP contribution in [0.15, 0.2) is 40.4 Å². The van der Waals surface area contributed by atoms with E-state index in [4.69, 9.17) is 9.26 Å². The lowest BCUT2D eigenvalue weighted by Gasteiger charge is -2.59. The van der Waals surface area contributed by atoms with E-state index in [9.17, 15) is 19.5 Å². The summed E-state index contributed by atoms with van der Waals surface area (Å²) in [5.41, 5.74) is 4.66. The summed E-state index contributed by atoms with van der Waals surface area (Å²) in [6.45, 7) is 13.1. The standard InChI is InChI=1S/C35H46N6O6S/c1-22(12-27-15-29(38-47-27)39-17-35(18-39)19-40(20-35)33(45)46-34(3,4)5)13-30(43)41-16-26(42)14-28(41)32(44)36-11-10-24-6-8-25(9-7-24)31-23(2)37-21-48-31/h6-9,15,21-22,26,28,42H,10-14,16-20H2,1-5H3,(H,36,44)/t22?,26-,28+/m1/s1. The second-order valence-electron chi connectivity index (χ2n) is 14.8. The quantitative estimate of drug-likeness (QED) is 0.325. The first-order chi connectivity index (χ1) is 22.8. The van der Waals surface area contributed by atoms with E-state index in [1.807, 2.05) is 46.2 Å². The molecule has 0 saturated carbocycles. The number of carbonyl (C=O) groups excluding carboxylic acids is 3. The summed E-state index contributed by atoms with van der Waals surface area (Å²) in [6, 6.07) is 9.50. The highest BCUT2D eigenvalue weighted by molar-refractivity contribution is 7.13. The molecule has 3 atom stereocenters. The van der Waals surface area contributed by atoms with E-state index < -0.39 is 17.7 Å². The molecule has 1 aromatic carbocycles. The topological polar surface area (TPSA) is 141 Å². The Balaban J connectivity index is 0.930. The van der Waals surface area contributed by atoms with Crippen molar-refractivity contribution < 1.29 is 28.8 Å². The Morgan fingerprint density at radius 2 is 1.90 bits per heavy atom. The molecule has 3 aliphatic rings. The SMILES string of the molecule is Cc1ncsc1-c1ccc(CCNC(=O)[C@@H]2C[C@@H](O)CN2C(=O)CC(C)Cc2cc(N3CC4(CN(C(=O)OC(C)(C)C)C4)C3)no2)cc1. The predicted molar refractivity (Wildman–Crippen MR) is 182 cm³/mol. The van der Waals surface area contributed by atoms with Crippen LogP contribution in [-0.2, 0) is 27.2 Å². The smallest absolute Gasteiger partial charge is 0.410 e. The number of aliphatic hydroxyl groups excluding tert-OH is 1. The van der Waals surface area contributed by atoms with Crippen LogP contribution in [0, 0.1) is 18.3 Å². The van der Waals surface area contributed by atoms with E-state index in [1.54, 1.807) is 16.2 Å². The van der Waals surface area contributed by atoms with Gasteiger partial charge in [-0.05, 0) is 51.2 Å². The Labute approximate surface area is 285 Å². The van der Waals surface area contributed by atoms with Crippen LogP contribution in [0.3, 0.4) is 0 Å². The van der Waals surface area contributed by atoms with Gasteiger partial charge in [-0.1, -0.05) is 36.3 Å². The van der Waals surface area contributed by atoms with Crippen molar-refractivity contribution in [2.45, 2.75) is 78.0 Å². The second kappa shape index (κ2) is 13.5. The summed E-state index contributed by atoms with van der Waals surface area (Å²) in [4.78, 5) is 49.6. The van der Waals surface area contributed by atoms with Crippen molar-refractivity contribution >= 4 is 35.1 Å². The van der Waals surface area contributed by atoms with Crippen molar-refractivity contribution in [3.05, 3.63) is 52.9 Å². The average molecular weight is 679 g/mol. The third-order valence-corrected chi connectivity index (χ3v) is 10.3. The first-order valence-corrected chi connectivity index (χ1v) is 17.6. The highest BCUT2D eigenvalue weighted by Crippen LogP contribution is 2.42. The molecule has 48 heavy (non-hydrogen) atoms. The maximum atomic E-state index is 13.3. The number of benzene rings is 1. The molecule has 0 radical (unpaired) electrons. The van der Waals surface area contributed by atoms with Crippen LogP contribution in [0.1, 0.15) is 57.6 Å². The summed E-state index contributed by atoms with van der Waals surface area (Å²) < 4.78 is 11.1. The number of hydrogen-bond donors (Lipinski definition) is 2. The van der Waals surface area contributed by atoms with Gasteiger partial charge in [-0.2, -0.15) is 0 Å². The fraction of sp³-hybridized carbons (Fsp3) is 0.571. The highest BCUT2D eigenvalue weighted by Gasteiger charge is 2.54. The molecular formula is C35H46N6O6S. The van der Waals surface area contributed by atoms with Crippen LogP contribution in [0.5, 0.6) is 0 Å². The molecule has 2 aromatic heterocycles. The van der Waals surface area contributed by atoms with E-state index in [2.05, 4.69) is 44.6 Å². The molecule has 1 spiro atoms. The average Bonchev–Trinajstić information content (AvgIpc) is 3.71. The molecule has 0 aliphatic carbocycles. The Hall–Kier alpha value is -3.97. The fourth-order valence-corrected chi connectivity index (χ4v) is 7.72. The van der Waals surface area contributed by atoms with Gasteiger partial charge in [0.15, 0.2) is 5.82 Å². The maximum Gasteiger partial charge on any atom is 0.410 e. The van der Waals surface area contributed by atoms with Gasteiger partial charge in [-0.3, -0.25) is 9.59 Å². The van der Waals surface area contributed by atoms with Crippen molar-refractivity contribution in [2.24, 2.45) is 11.3 Å². The normalized spacial score (nSPS) is 20.8. The summed E-state index contributed by atoms with van der Waals surface area (Å²) in [6.07, 6.45) is 0.647. The molecule has 3 fully saturated rings. The van der Waals surface area contributed by atoms with Crippen LogP contribution in [-0.4, -0.2) is 100.0 Å². The van der Waals surface area contributed by atoms with Crippen LogP contribution >= 0.6 is 11.3 Å². The number of likely N-dealkylation sites (tertiary alicyclic amines) is 2. The Morgan fingerprint density at radius 3 is 2.56 bits per heavy atom. The molecular weight excluding hydrogens is 632 g/mol. The zero-order valence-electron chi connectivity index (χ0n) is 28.4.